The highest BCUT2D eigenvalue weighted by Gasteiger charge is 2.15. The molecule has 0 spiro atoms. The van der Waals surface area contributed by atoms with Crippen LogP contribution in [-0.2, 0) is 13.0 Å². The van der Waals surface area contributed by atoms with E-state index in [1.165, 1.54) is 40.7 Å². The molecule has 84 valence electrons. The van der Waals surface area contributed by atoms with Gasteiger partial charge in [-0.05, 0) is 37.3 Å². The van der Waals surface area contributed by atoms with E-state index in [0.717, 1.165) is 12.5 Å². The summed E-state index contributed by atoms with van der Waals surface area (Å²) in [5.41, 5.74) is 0. The summed E-state index contributed by atoms with van der Waals surface area (Å²) >= 11 is 3.97. The fraction of sp³-hybridized carbons (Fsp3) is 0.727. The zero-order chi connectivity index (χ0) is 10.5. The molecule has 0 bridgehead atoms. The predicted molar refractivity (Wildman–Crippen MR) is 68.6 cm³/mol. The average Bonchev–Trinajstić information content (AvgIpc) is 2.68. The van der Waals surface area contributed by atoms with Crippen molar-refractivity contribution in [1.29, 1.82) is 0 Å². The minimum atomic E-state index is 0.873. The van der Waals surface area contributed by atoms with Gasteiger partial charge in [0.2, 0.25) is 0 Å². The van der Waals surface area contributed by atoms with Crippen LogP contribution in [0.5, 0.6) is 0 Å². The molecule has 0 aliphatic carbocycles. The monoisotopic (exact) mass is 242 g/mol. The molecule has 0 aromatic carbocycles. The van der Waals surface area contributed by atoms with Crippen molar-refractivity contribution in [3.8, 4) is 0 Å². The Labute approximate surface area is 99.9 Å². The van der Waals surface area contributed by atoms with E-state index in [2.05, 4.69) is 22.1 Å². The molecule has 1 aromatic rings. The van der Waals surface area contributed by atoms with E-state index < -0.39 is 0 Å². The normalized spacial score (nSPS) is 21.8. The average molecular weight is 242 g/mol. The second-order valence-corrected chi connectivity index (χ2v) is 6.39. The molecule has 1 aliphatic heterocycles. The maximum Gasteiger partial charge on any atom is 0.0931 e. The van der Waals surface area contributed by atoms with E-state index in [9.17, 15) is 0 Å². The third-order valence-electron chi connectivity index (χ3n) is 2.67. The van der Waals surface area contributed by atoms with Crippen molar-refractivity contribution in [2.45, 2.75) is 25.8 Å². The first kappa shape index (κ1) is 11.4. The van der Waals surface area contributed by atoms with Crippen molar-refractivity contribution in [3.63, 3.8) is 0 Å². The third-order valence-corrected chi connectivity index (χ3v) is 4.97. The smallest absolute Gasteiger partial charge is 0.0931 e. The van der Waals surface area contributed by atoms with E-state index in [0.29, 0.717) is 0 Å². The molecule has 1 aliphatic rings. The Bertz CT molecular complexity index is 293. The van der Waals surface area contributed by atoms with Crippen molar-refractivity contribution in [2.75, 3.05) is 18.6 Å². The van der Waals surface area contributed by atoms with Crippen LogP contribution < -0.4 is 5.32 Å². The van der Waals surface area contributed by atoms with Crippen LogP contribution in [0.2, 0.25) is 0 Å². The van der Waals surface area contributed by atoms with Crippen molar-refractivity contribution >= 4 is 23.1 Å². The SMILES string of the molecule is CNCc1cnc(CC2CCCSC2)s1. The molecule has 1 unspecified atom stereocenters. The van der Waals surface area contributed by atoms with Crippen molar-refractivity contribution in [2.24, 2.45) is 5.92 Å². The van der Waals surface area contributed by atoms with Gasteiger partial charge < -0.3 is 5.32 Å². The molecule has 1 fully saturated rings. The van der Waals surface area contributed by atoms with Gasteiger partial charge in [0.1, 0.15) is 0 Å². The van der Waals surface area contributed by atoms with Crippen molar-refractivity contribution in [1.82, 2.24) is 10.3 Å². The zero-order valence-corrected chi connectivity index (χ0v) is 10.8. The van der Waals surface area contributed by atoms with Crippen LogP contribution in [0, 0.1) is 5.92 Å². The number of nitrogens with zero attached hydrogens (tertiary/aromatic N) is 1. The third kappa shape index (κ3) is 3.47. The van der Waals surface area contributed by atoms with Gasteiger partial charge >= 0.3 is 0 Å². The molecule has 0 amide bonds. The first-order valence-corrected chi connectivity index (χ1v) is 7.51. The van der Waals surface area contributed by atoms with Gasteiger partial charge in [0.25, 0.3) is 0 Å². The molecule has 0 saturated carbocycles. The fourth-order valence-corrected chi connectivity index (χ4v) is 4.12. The molecule has 0 radical (unpaired) electrons. The molecule has 1 N–H and O–H groups in total. The van der Waals surface area contributed by atoms with Gasteiger partial charge in [-0.1, -0.05) is 0 Å². The standard InChI is InChI=1S/C11H18N2S2/c1-12-6-10-7-13-11(15-10)5-9-3-2-4-14-8-9/h7,9,12H,2-6,8H2,1H3. The molecule has 1 saturated heterocycles. The Morgan fingerprint density at radius 3 is 3.27 bits per heavy atom. The number of thiazole rings is 1. The number of nitrogens with one attached hydrogen (secondary N) is 1. The minimum Gasteiger partial charge on any atom is -0.315 e. The molecular weight excluding hydrogens is 224 g/mol. The first-order valence-electron chi connectivity index (χ1n) is 5.54. The molecular formula is C11H18N2S2. The largest absolute Gasteiger partial charge is 0.315 e. The highest BCUT2D eigenvalue weighted by molar-refractivity contribution is 7.99. The summed E-state index contributed by atoms with van der Waals surface area (Å²) in [5.74, 6) is 3.57. The highest BCUT2D eigenvalue weighted by atomic mass is 32.2. The predicted octanol–water partition coefficient (Wildman–Crippen LogP) is 2.55. The van der Waals surface area contributed by atoms with E-state index in [-0.39, 0.29) is 0 Å². The minimum absolute atomic E-state index is 0.873. The number of hydrogen-bond donors (Lipinski definition) is 1. The molecule has 4 heteroatoms. The highest BCUT2D eigenvalue weighted by Crippen LogP contribution is 2.27. The van der Waals surface area contributed by atoms with Gasteiger partial charge in [0.05, 0.1) is 5.01 Å². The summed E-state index contributed by atoms with van der Waals surface area (Å²) in [7, 11) is 1.98. The molecule has 2 rings (SSSR count). The number of rotatable bonds is 4. The Morgan fingerprint density at radius 1 is 1.60 bits per heavy atom. The Balaban J connectivity index is 1.86. The summed E-state index contributed by atoms with van der Waals surface area (Å²) in [6.45, 7) is 0.955. The van der Waals surface area contributed by atoms with Crippen LogP contribution in [0.1, 0.15) is 22.7 Å². The summed E-state index contributed by atoms with van der Waals surface area (Å²) < 4.78 is 0. The van der Waals surface area contributed by atoms with Crippen LogP contribution in [0.15, 0.2) is 6.20 Å². The number of aromatic nitrogens is 1. The lowest BCUT2D eigenvalue weighted by Crippen LogP contribution is -2.12. The topological polar surface area (TPSA) is 24.9 Å². The van der Waals surface area contributed by atoms with Gasteiger partial charge in [0.15, 0.2) is 0 Å². The lowest BCUT2D eigenvalue weighted by Gasteiger charge is -2.19. The van der Waals surface area contributed by atoms with Crippen molar-refractivity contribution in [3.05, 3.63) is 16.1 Å². The quantitative estimate of drug-likeness (QED) is 0.878. The van der Waals surface area contributed by atoms with Gasteiger partial charge in [-0.2, -0.15) is 11.8 Å². The van der Waals surface area contributed by atoms with E-state index >= 15 is 0 Å². The Hall–Kier alpha value is -0.0600. The summed E-state index contributed by atoms with van der Waals surface area (Å²) in [6, 6.07) is 0. The van der Waals surface area contributed by atoms with Crippen LogP contribution in [-0.4, -0.2) is 23.5 Å². The van der Waals surface area contributed by atoms with Crippen LogP contribution in [0.3, 0.4) is 0 Å². The maximum atomic E-state index is 4.50. The van der Waals surface area contributed by atoms with E-state index in [1.54, 1.807) is 0 Å². The van der Waals surface area contributed by atoms with Gasteiger partial charge in [-0.25, -0.2) is 4.98 Å². The molecule has 1 atom stereocenters. The first-order chi connectivity index (χ1) is 7.38. The fourth-order valence-electron chi connectivity index (χ4n) is 1.91. The lowest BCUT2D eigenvalue weighted by atomic mass is 10.0. The van der Waals surface area contributed by atoms with Crippen molar-refractivity contribution < 1.29 is 0 Å². The molecule has 1 aromatic heterocycles. The van der Waals surface area contributed by atoms with Gasteiger partial charge in [-0.3, -0.25) is 0 Å². The van der Waals surface area contributed by atoms with Crippen LogP contribution in [0.4, 0.5) is 0 Å². The zero-order valence-electron chi connectivity index (χ0n) is 9.16. The number of hydrogen-bond acceptors (Lipinski definition) is 4. The lowest BCUT2D eigenvalue weighted by molar-refractivity contribution is 0.520. The maximum absolute atomic E-state index is 4.50. The Morgan fingerprint density at radius 2 is 2.53 bits per heavy atom. The Kier molecular flexibility index (Phi) is 4.47. The van der Waals surface area contributed by atoms with E-state index in [4.69, 9.17) is 0 Å². The number of thioether (sulfide) groups is 1. The summed E-state index contributed by atoms with van der Waals surface area (Å²) in [6.07, 6.45) is 6.01. The molecule has 2 nitrogen and oxygen atoms in total. The van der Waals surface area contributed by atoms with Gasteiger partial charge in [-0.15, -0.1) is 11.3 Å². The van der Waals surface area contributed by atoms with Crippen LogP contribution in [0.25, 0.3) is 0 Å². The second-order valence-electron chi connectivity index (χ2n) is 4.04. The summed E-state index contributed by atoms with van der Waals surface area (Å²) in [4.78, 5) is 5.86. The molecule has 15 heavy (non-hydrogen) atoms. The van der Waals surface area contributed by atoms with E-state index in [1.807, 2.05) is 24.6 Å². The molecule has 2 heterocycles. The van der Waals surface area contributed by atoms with Crippen LogP contribution >= 0.6 is 23.1 Å². The summed E-state index contributed by atoms with van der Waals surface area (Å²) in [5, 5.41) is 4.49. The second kappa shape index (κ2) is 5.87. The van der Waals surface area contributed by atoms with Gasteiger partial charge in [0, 0.05) is 24.0 Å².